The Morgan fingerprint density at radius 3 is 1.49 bits per heavy atom. The quantitative estimate of drug-likeness (QED) is 0.0633. The third-order valence-electron chi connectivity index (χ3n) is 7.23. The van der Waals surface area contributed by atoms with E-state index in [1.54, 1.807) is 4.74 Å². The van der Waals surface area contributed by atoms with E-state index in [2.05, 4.69) is 39.1 Å². The van der Waals surface area contributed by atoms with Crippen LogP contribution < -0.4 is 9.47 Å². The fourth-order valence-electron chi connectivity index (χ4n) is 4.34. The molecule has 0 aliphatic rings. The van der Waals surface area contributed by atoms with Crippen molar-refractivity contribution in [2.75, 3.05) is 13.2 Å². The van der Waals surface area contributed by atoms with Crippen LogP contribution in [0.25, 0.3) is 11.4 Å². The molecule has 53 heavy (non-hydrogen) atoms. The van der Waals surface area contributed by atoms with Gasteiger partial charge in [-0.1, -0.05) is 70.6 Å². The van der Waals surface area contributed by atoms with Gasteiger partial charge < -0.3 is 9.47 Å². The van der Waals surface area contributed by atoms with Crippen molar-refractivity contribution in [2.45, 2.75) is 120 Å². The van der Waals surface area contributed by atoms with Crippen LogP contribution in [0.5, 0.6) is 11.5 Å². The molecule has 0 saturated carbocycles. The maximum atomic E-state index is 13.9. The fourth-order valence-corrected chi connectivity index (χ4v) is 5.65. The van der Waals surface area contributed by atoms with Crippen LogP contribution in [0.15, 0.2) is 36.7 Å². The Kier molecular flexibility index (Phi) is 15.4. The average molecular weight is 815 g/mol. The lowest BCUT2D eigenvalue weighted by molar-refractivity contribution is -0.542. The van der Waals surface area contributed by atoms with Crippen LogP contribution >= 0.6 is 0 Å². The zero-order valence-electron chi connectivity index (χ0n) is 28.4. The van der Waals surface area contributed by atoms with E-state index in [4.69, 9.17) is 4.74 Å². The third kappa shape index (κ3) is 13.4. The molecule has 0 fully saturated rings. The number of hydrogen-bond donors (Lipinski definition) is 0. The predicted molar refractivity (Wildman–Crippen MR) is 161 cm³/mol. The molecule has 0 radical (unpaired) electrons. The summed E-state index contributed by atoms with van der Waals surface area (Å²) < 4.78 is 212. The molecule has 0 spiro atoms. The lowest BCUT2D eigenvalue weighted by Gasteiger charge is -2.36. The van der Waals surface area contributed by atoms with Gasteiger partial charge in [0.2, 0.25) is 0 Å². The molecule has 0 atom stereocenters. The monoisotopic (exact) mass is 814 g/mol. The second kappa shape index (κ2) is 17.6. The van der Waals surface area contributed by atoms with Gasteiger partial charge in [-0.15, -0.1) is 0 Å². The van der Waals surface area contributed by atoms with Gasteiger partial charge in [-0.3, -0.25) is 0 Å². The van der Waals surface area contributed by atoms with Gasteiger partial charge in [-0.2, -0.15) is 65.9 Å². The van der Waals surface area contributed by atoms with Crippen molar-refractivity contribution >= 4 is 8.07 Å². The van der Waals surface area contributed by atoms with Gasteiger partial charge in [-0.05, 0) is 30.7 Å². The minimum absolute atomic E-state index is 0.111. The molecule has 304 valence electrons. The summed E-state index contributed by atoms with van der Waals surface area (Å²) in [6.07, 6.45) is -23.4. The van der Waals surface area contributed by atoms with Crippen molar-refractivity contribution in [1.82, 2.24) is 9.97 Å². The summed E-state index contributed by atoms with van der Waals surface area (Å²) in [5.74, 6) is -15.8. The topological polar surface area (TPSA) is 62.7 Å². The highest BCUT2D eigenvalue weighted by Gasteiger charge is 2.85. The maximum Gasteiger partial charge on any atom is 0.460 e. The molecule has 0 aliphatic heterocycles. The molecule has 1 aromatic carbocycles. The molecule has 0 saturated heterocycles. The number of nitrogens with zero attached hydrogens (tertiary/aromatic N) is 2. The zero-order valence-corrected chi connectivity index (χ0v) is 29.4. The summed E-state index contributed by atoms with van der Waals surface area (Å²) in [7, 11) is -0.977. The molecule has 2 aromatic rings. The molecule has 0 unspecified atom stereocenters. The lowest BCUT2D eigenvalue weighted by atomic mass is 10.1. The Balaban J connectivity index is 1.85. The molecule has 1 aromatic heterocycles. The minimum atomic E-state index is -7.93. The molecule has 0 bridgehead atoms. The number of rotatable bonds is 23. The summed E-state index contributed by atoms with van der Waals surface area (Å²) in [4.78, 5) is 8.19. The van der Waals surface area contributed by atoms with E-state index in [0.717, 1.165) is 37.8 Å². The van der Waals surface area contributed by atoms with Crippen molar-refractivity contribution in [3.05, 3.63) is 36.7 Å². The van der Waals surface area contributed by atoms with Crippen LogP contribution in [0.4, 0.5) is 65.9 Å². The SMILES string of the molecule is C[Si](C)(C)CCCCCCCCCCOc1cnc(-c2ccc(OCC(F)(F)OC(F)(F)C(F)(F)OC(F)(F)C(F)(F)C(F)(F)C(F)(F)F)cc2)nc1. The Morgan fingerprint density at radius 2 is 1.00 bits per heavy atom. The summed E-state index contributed by atoms with van der Waals surface area (Å²) in [6.45, 7) is 5.17. The Morgan fingerprint density at radius 1 is 0.528 bits per heavy atom. The molecule has 2 rings (SSSR count). The highest BCUT2D eigenvalue weighted by atomic mass is 28.3. The van der Waals surface area contributed by atoms with Crippen LogP contribution in [0.2, 0.25) is 25.7 Å². The molecule has 6 nitrogen and oxygen atoms in total. The Bertz CT molecular complexity index is 1410. The Labute approximate surface area is 295 Å². The largest absolute Gasteiger partial charge is 0.490 e. The van der Waals surface area contributed by atoms with E-state index in [9.17, 15) is 65.9 Å². The van der Waals surface area contributed by atoms with Crippen LogP contribution in [0.1, 0.15) is 51.4 Å². The highest BCUT2D eigenvalue weighted by molar-refractivity contribution is 6.76. The highest BCUT2D eigenvalue weighted by Crippen LogP contribution is 2.56. The average Bonchev–Trinajstić information content (AvgIpc) is 3.01. The van der Waals surface area contributed by atoms with E-state index in [1.807, 2.05) is 0 Å². The number of alkyl halides is 15. The van der Waals surface area contributed by atoms with Gasteiger partial charge in [-0.25, -0.2) is 19.4 Å². The standard InChI is InChI=1S/C31H37F15N2O4Si/c1-53(2,3)17-11-9-7-5-4-6-8-10-16-49-23-18-47-24(48-19-23)21-12-14-22(15-13-21)50-20-25(32,33)51-30(43,44)31(45,46)52-29(41,42)27(36,37)26(34,35)28(38,39)40/h12-15,18-19H,4-11,16-17,20H2,1-3H3. The zero-order chi connectivity index (χ0) is 40.6. The second-order valence-electron chi connectivity index (χ2n) is 13.1. The Hall–Kier alpha value is -3.01. The third-order valence-corrected chi connectivity index (χ3v) is 9.08. The van der Waals surface area contributed by atoms with Gasteiger partial charge in [0.25, 0.3) is 0 Å². The van der Waals surface area contributed by atoms with Crippen molar-refractivity contribution in [3.8, 4) is 22.9 Å². The summed E-state index contributed by atoms with van der Waals surface area (Å²) >= 11 is 0. The first-order valence-electron chi connectivity index (χ1n) is 16.0. The van der Waals surface area contributed by atoms with Crippen molar-refractivity contribution in [3.63, 3.8) is 0 Å². The molecule has 0 aliphatic carbocycles. The van der Waals surface area contributed by atoms with E-state index in [-0.39, 0.29) is 11.4 Å². The van der Waals surface area contributed by atoms with E-state index in [1.165, 1.54) is 56.3 Å². The van der Waals surface area contributed by atoms with Gasteiger partial charge in [0, 0.05) is 13.6 Å². The smallest absolute Gasteiger partial charge is 0.460 e. The molecule has 0 N–H and O–H groups in total. The van der Waals surface area contributed by atoms with Gasteiger partial charge >= 0.3 is 42.5 Å². The predicted octanol–water partition coefficient (Wildman–Crippen LogP) is 11.6. The van der Waals surface area contributed by atoms with Gasteiger partial charge in [0.05, 0.1) is 19.0 Å². The number of aromatic nitrogens is 2. The number of benzene rings is 1. The lowest BCUT2D eigenvalue weighted by Crippen LogP contribution is -2.64. The molecular weight excluding hydrogens is 777 g/mol. The van der Waals surface area contributed by atoms with Crippen molar-refractivity contribution in [2.24, 2.45) is 0 Å². The van der Waals surface area contributed by atoms with E-state index >= 15 is 0 Å². The minimum Gasteiger partial charge on any atom is -0.490 e. The normalized spacial score (nSPS) is 14.1. The maximum absolute atomic E-state index is 13.9. The van der Waals surface area contributed by atoms with Gasteiger partial charge in [0.1, 0.15) is 5.75 Å². The van der Waals surface area contributed by atoms with E-state index in [0.29, 0.717) is 12.4 Å². The molecule has 0 amide bonds. The first-order chi connectivity index (χ1) is 24.0. The van der Waals surface area contributed by atoms with Crippen molar-refractivity contribution < 1.29 is 84.8 Å². The van der Waals surface area contributed by atoms with Crippen molar-refractivity contribution in [1.29, 1.82) is 0 Å². The summed E-state index contributed by atoms with van der Waals surface area (Å²) in [6, 6.07) is 5.62. The number of ether oxygens (including phenoxy) is 4. The number of halogens is 15. The van der Waals surface area contributed by atoms with Crippen LogP contribution in [0.3, 0.4) is 0 Å². The van der Waals surface area contributed by atoms with Gasteiger partial charge in [0.15, 0.2) is 18.2 Å². The second-order valence-corrected chi connectivity index (χ2v) is 18.7. The molecule has 22 heteroatoms. The number of unbranched alkanes of at least 4 members (excludes halogenated alkanes) is 7. The molecule has 1 heterocycles. The first-order valence-corrected chi connectivity index (χ1v) is 19.7. The fraction of sp³-hybridized carbons (Fsp3) is 0.677. The summed E-state index contributed by atoms with van der Waals surface area (Å²) in [5.41, 5.74) is 0.268. The number of hydrogen-bond acceptors (Lipinski definition) is 6. The van der Waals surface area contributed by atoms with Crippen LogP contribution in [-0.2, 0) is 9.47 Å². The summed E-state index contributed by atoms with van der Waals surface area (Å²) in [5, 5.41) is 0. The van der Waals surface area contributed by atoms with E-state index < -0.39 is 62.9 Å². The molecular formula is C31H37F15N2O4Si. The van der Waals surface area contributed by atoms with Crippen LogP contribution in [0, 0.1) is 0 Å². The first kappa shape index (κ1) is 46.1. The van der Waals surface area contributed by atoms with Crippen LogP contribution in [-0.4, -0.2) is 73.7 Å².